The smallest absolute Gasteiger partial charge is 0.322 e. The number of hydrogen-bond acceptors (Lipinski definition) is 5. The fraction of sp³-hybridized carbons (Fsp3) is 0.889. The fourth-order valence-corrected chi connectivity index (χ4v) is 3.77. The summed E-state index contributed by atoms with van der Waals surface area (Å²) in [6.45, 7) is 2.79. The van der Waals surface area contributed by atoms with Gasteiger partial charge < -0.3 is 10.1 Å². The van der Waals surface area contributed by atoms with Gasteiger partial charge in [0.25, 0.3) is 0 Å². The Bertz CT molecular complexity index is 369. The van der Waals surface area contributed by atoms with Crippen LogP contribution in [0.15, 0.2) is 0 Å². The van der Waals surface area contributed by atoms with Crippen LogP contribution in [-0.4, -0.2) is 57.7 Å². The monoisotopic (exact) mass is 248 g/mol. The van der Waals surface area contributed by atoms with Crippen molar-refractivity contribution < 1.29 is 17.9 Å². The first kappa shape index (κ1) is 11.8. The Morgan fingerprint density at radius 2 is 1.94 bits per heavy atom. The van der Waals surface area contributed by atoms with Gasteiger partial charge in [0.2, 0.25) is 10.0 Å². The molecule has 1 N–H and O–H groups in total. The molecule has 0 bridgehead atoms. The van der Waals surface area contributed by atoms with Gasteiger partial charge in [0.05, 0.1) is 7.11 Å². The third-order valence-electron chi connectivity index (χ3n) is 3.28. The average Bonchev–Trinajstić information content (AvgIpc) is 2.75. The Hall–Kier alpha value is -0.660. The zero-order valence-corrected chi connectivity index (χ0v) is 10.00. The van der Waals surface area contributed by atoms with Crippen LogP contribution in [0.5, 0.6) is 0 Å². The first-order valence-electron chi connectivity index (χ1n) is 5.28. The highest BCUT2D eigenvalue weighted by molar-refractivity contribution is 7.89. The van der Waals surface area contributed by atoms with Gasteiger partial charge >= 0.3 is 5.97 Å². The highest BCUT2D eigenvalue weighted by Gasteiger charge is 2.41. The van der Waals surface area contributed by atoms with E-state index in [0.29, 0.717) is 24.9 Å². The van der Waals surface area contributed by atoms with Gasteiger partial charge in [-0.2, -0.15) is 0 Å². The molecular formula is C9H16N2O4S. The summed E-state index contributed by atoms with van der Waals surface area (Å²) in [6.07, 6.45) is 0. The number of sulfonamides is 1. The first-order chi connectivity index (χ1) is 7.53. The van der Waals surface area contributed by atoms with Crippen molar-refractivity contribution in [2.24, 2.45) is 11.8 Å². The van der Waals surface area contributed by atoms with Crippen molar-refractivity contribution in [3.05, 3.63) is 0 Å². The molecule has 2 saturated heterocycles. The summed E-state index contributed by atoms with van der Waals surface area (Å²) in [5.41, 5.74) is 0. The van der Waals surface area contributed by atoms with E-state index in [1.807, 2.05) is 0 Å². The molecule has 0 spiro atoms. The SMILES string of the molecule is COC(=O)CS(=O)(=O)N1C[C@H]2CNC[C@H]2C1. The van der Waals surface area contributed by atoms with Crippen molar-refractivity contribution in [3.8, 4) is 0 Å². The van der Waals surface area contributed by atoms with Gasteiger partial charge in [-0.3, -0.25) is 4.79 Å². The maximum atomic E-state index is 11.8. The highest BCUT2D eigenvalue weighted by Crippen LogP contribution is 2.28. The molecule has 0 aliphatic carbocycles. The average molecular weight is 248 g/mol. The molecule has 0 aromatic carbocycles. The maximum absolute atomic E-state index is 11.8. The van der Waals surface area contributed by atoms with Gasteiger partial charge in [0.1, 0.15) is 0 Å². The fourth-order valence-electron chi connectivity index (χ4n) is 2.34. The number of nitrogens with zero attached hydrogens (tertiary/aromatic N) is 1. The van der Waals surface area contributed by atoms with E-state index >= 15 is 0 Å². The summed E-state index contributed by atoms with van der Waals surface area (Å²) < 4.78 is 29.5. The molecule has 0 saturated carbocycles. The van der Waals surface area contributed by atoms with Crippen molar-refractivity contribution in [2.75, 3.05) is 39.0 Å². The Balaban J connectivity index is 2.00. The van der Waals surface area contributed by atoms with Crippen LogP contribution in [0.3, 0.4) is 0 Å². The first-order valence-corrected chi connectivity index (χ1v) is 6.89. The predicted molar refractivity (Wildman–Crippen MR) is 57.2 cm³/mol. The topological polar surface area (TPSA) is 75.7 Å². The standard InChI is InChI=1S/C9H16N2O4S/c1-15-9(12)6-16(13,14)11-4-7-2-10-3-8(7)5-11/h7-8,10H,2-6H2,1H3/t7-,8+. The van der Waals surface area contributed by atoms with Gasteiger partial charge in [-0.15, -0.1) is 0 Å². The Morgan fingerprint density at radius 3 is 2.44 bits per heavy atom. The third-order valence-corrected chi connectivity index (χ3v) is 4.96. The van der Waals surface area contributed by atoms with Gasteiger partial charge in [-0.1, -0.05) is 0 Å². The summed E-state index contributed by atoms with van der Waals surface area (Å²) in [5.74, 6) is -0.453. The van der Waals surface area contributed by atoms with E-state index in [9.17, 15) is 13.2 Å². The summed E-state index contributed by atoms with van der Waals surface area (Å²) >= 11 is 0. The van der Waals surface area contributed by atoms with E-state index in [0.717, 1.165) is 13.1 Å². The van der Waals surface area contributed by atoms with E-state index in [2.05, 4.69) is 10.1 Å². The largest absolute Gasteiger partial charge is 0.468 e. The molecule has 2 rings (SSSR count). The van der Waals surface area contributed by atoms with Crippen LogP contribution in [0, 0.1) is 11.8 Å². The van der Waals surface area contributed by atoms with Crippen molar-refractivity contribution in [1.82, 2.24) is 9.62 Å². The van der Waals surface area contributed by atoms with E-state index in [1.165, 1.54) is 11.4 Å². The van der Waals surface area contributed by atoms with Gasteiger partial charge in [-0.05, 0) is 24.9 Å². The van der Waals surface area contributed by atoms with E-state index in [-0.39, 0.29) is 0 Å². The highest BCUT2D eigenvalue weighted by atomic mass is 32.2. The van der Waals surface area contributed by atoms with Crippen LogP contribution >= 0.6 is 0 Å². The van der Waals surface area contributed by atoms with E-state index in [4.69, 9.17) is 0 Å². The maximum Gasteiger partial charge on any atom is 0.322 e. The molecule has 2 heterocycles. The molecule has 7 heteroatoms. The van der Waals surface area contributed by atoms with Crippen LogP contribution in [0.25, 0.3) is 0 Å². The molecule has 0 aromatic heterocycles. The molecular weight excluding hydrogens is 232 g/mol. The van der Waals surface area contributed by atoms with Crippen molar-refractivity contribution >= 4 is 16.0 Å². The molecule has 16 heavy (non-hydrogen) atoms. The molecule has 2 fully saturated rings. The Kier molecular flexibility index (Phi) is 3.18. The number of hydrogen-bond donors (Lipinski definition) is 1. The molecule has 0 radical (unpaired) electrons. The summed E-state index contributed by atoms with van der Waals surface area (Å²) in [5, 5.41) is 3.24. The van der Waals surface area contributed by atoms with Crippen molar-refractivity contribution in [2.45, 2.75) is 0 Å². The number of carbonyl (C=O) groups excluding carboxylic acids is 1. The number of nitrogens with one attached hydrogen (secondary N) is 1. The minimum absolute atomic E-state index is 0.396. The predicted octanol–water partition coefficient (Wildman–Crippen LogP) is -1.36. The molecule has 92 valence electrons. The molecule has 0 amide bonds. The van der Waals surface area contributed by atoms with E-state index in [1.54, 1.807) is 0 Å². The third kappa shape index (κ3) is 2.21. The van der Waals surface area contributed by atoms with Gasteiger partial charge in [0, 0.05) is 13.1 Å². The second kappa shape index (κ2) is 4.31. The normalized spacial score (nSPS) is 30.3. The number of carbonyl (C=O) groups is 1. The zero-order valence-electron chi connectivity index (χ0n) is 9.18. The van der Waals surface area contributed by atoms with Gasteiger partial charge in [0.15, 0.2) is 5.75 Å². The molecule has 6 nitrogen and oxygen atoms in total. The zero-order chi connectivity index (χ0) is 11.8. The van der Waals surface area contributed by atoms with Crippen LogP contribution in [0.1, 0.15) is 0 Å². The lowest BCUT2D eigenvalue weighted by Gasteiger charge is -2.16. The lowest BCUT2D eigenvalue weighted by atomic mass is 10.0. The lowest BCUT2D eigenvalue weighted by molar-refractivity contribution is -0.137. The summed E-state index contributed by atoms with van der Waals surface area (Å²) in [6, 6.07) is 0. The number of esters is 1. The number of methoxy groups -OCH3 is 1. The minimum atomic E-state index is -3.48. The summed E-state index contributed by atoms with van der Waals surface area (Å²) in [4.78, 5) is 11.0. The number of rotatable bonds is 3. The molecule has 2 atom stereocenters. The second-order valence-corrected chi connectivity index (χ2v) is 6.30. The summed E-state index contributed by atoms with van der Waals surface area (Å²) in [7, 11) is -2.29. The quantitative estimate of drug-likeness (QED) is 0.624. The number of fused-ring (bicyclic) bond motifs is 1. The van der Waals surface area contributed by atoms with Crippen molar-refractivity contribution in [3.63, 3.8) is 0 Å². The number of ether oxygens (including phenoxy) is 1. The minimum Gasteiger partial charge on any atom is -0.468 e. The van der Waals surface area contributed by atoms with Crippen LogP contribution in [0.4, 0.5) is 0 Å². The van der Waals surface area contributed by atoms with Gasteiger partial charge in [-0.25, -0.2) is 12.7 Å². The Labute approximate surface area is 95.0 Å². The van der Waals surface area contributed by atoms with E-state index < -0.39 is 21.7 Å². The molecule has 2 aliphatic heterocycles. The van der Waals surface area contributed by atoms with Crippen LogP contribution < -0.4 is 5.32 Å². The molecule has 2 aliphatic rings. The second-order valence-electron chi connectivity index (χ2n) is 4.33. The van der Waals surface area contributed by atoms with Crippen molar-refractivity contribution in [1.29, 1.82) is 0 Å². The molecule has 0 unspecified atom stereocenters. The lowest BCUT2D eigenvalue weighted by Crippen LogP contribution is -2.36. The molecule has 0 aromatic rings. The Morgan fingerprint density at radius 1 is 1.38 bits per heavy atom. The van der Waals surface area contributed by atoms with Crippen LogP contribution in [0.2, 0.25) is 0 Å². The van der Waals surface area contributed by atoms with Crippen LogP contribution in [-0.2, 0) is 19.6 Å².